The van der Waals surface area contributed by atoms with Crippen LogP contribution in [-0.2, 0) is 11.5 Å². The van der Waals surface area contributed by atoms with Gasteiger partial charge in [0.25, 0.3) is 0 Å². The second-order valence-electron chi connectivity index (χ2n) is 4.90. The summed E-state index contributed by atoms with van der Waals surface area (Å²) in [6.45, 7) is 3.54. The van der Waals surface area contributed by atoms with Gasteiger partial charge in [-0.15, -0.1) is 0 Å². The number of hydrogen-bond acceptors (Lipinski definition) is 8. The molecule has 9 nitrogen and oxygen atoms in total. The molecule has 2 heterocycles. The van der Waals surface area contributed by atoms with Crippen LogP contribution in [0.5, 0.6) is 0 Å². The fourth-order valence-electron chi connectivity index (χ4n) is 1.78. The maximum absolute atomic E-state index is 8.99. The van der Waals surface area contributed by atoms with Crippen molar-refractivity contribution in [1.29, 1.82) is 0 Å². The molecule has 0 aliphatic carbocycles. The number of hydrogen-bond donors (Lipinski definition) is 4. The van der Waals surface area contributed by atoms with Gasteiger partial charge in [-0.25, -0.2) is 4.98 Å². The largest absolute Gasteiger partial charge is 0.394 e. The van der Waals surface area contributed by atoms with Crippen molar-refractivity contribution in [2.24, 2.45) is 0 Å². The molecule has 0 unspecified atom stereocenters. The number of aliphatic hydroxyl groups is 2. The predicted molar refractivity (Wildman–Crippen MR) is 77.5 cm³/mol. The number of rotatable bonds is 7. The number of aliphatic hydroxyl groups excluding tert-OH is 2. The lowest BCUT2D eigenvalue weighted by atomic mass is 10.4. The predicted octanol–water partition coefficient (Wildman–Crippen LogP) is -0.444. The topological polar surface area (TPSA) is 131 Å². The Bertz CT molecular complexity index is 596. The minimum absolute atomic E-state index is 0.0971. The third-order valence-electron chi connectivity index (χ3n) is 2.76. The summed E-state index contributed by atoms with van der Waals surface area (Å²) < 4.78 is 6.99. The van der Waals surface area contributed by atoms with Crippen LogP contribution in [0.15, 0.2) is 6.33 Å². The highest BCUT2D eigenvalue weighted by Gasteiger charge is 2.14. The summed E-state index contributed by atoms with van der Waals surface area (Å²) in [5.74, 6) is 0.695. The van der Waals surface area contributed by atoms with Gasteiger partial charge in [-0.1, -0.05) is 0 Å². The van der Waals surface area contributed by atoms with E-state index in [4.69, 9.17) is 20.7 Å². The first kappa shape index (κ1) is 15.4. The molecule has 0 radical (unpaired) electrons. The monoisotopic (exact) mass is 296 g/mol. The third kappa shape index (κ3) is 3.57. The normalized spacial score (nSPS) is 11.7. The molecule has 2 aromatic heterocycles. The summed E-state index contributed by atoms with van der Waals surface area (Å²) in [6, 6.07) is 0.178. The van der Waals surface area contributed by atoms with Crippen LogP contribution < -0.4 is 11.1 Å². The summed E-state index contributed by atoms with van der Waals surface area (Å²) in [7, 11) is 0. The molecule has 2 rings (SSSR count). The first-order valence-corrected chi connectivity index (χ1v) is 6.63. The molecular weight excluding hydrogens is 276 g/mol. The summed E-state index contributed by atoms with van der Waals surface area (Å²) in [6.07, 6.45) is 0.908. The van der Waals surface area contributed by atoms with E-state index in [1.54, 1.807) is 10.9 Å². The van der Waals surface area contributed by atoms with Crippen molar-refractivity contribution in [2.45, 2.75) is 32.7 Å². The van der Waals surface area contributed by atoms with E-state index in [2.05, 4.69) is 20.3 Å². The van der Waals surface area contributed by atoms with Crippen molar-refractivity contribution in [1.82, 2.24) is 19.5 Å². The highest BCUT2D eigenvalue weighted by molar-refractivity contribution is 5.84. The fourth-order valence-corrected chi connectivity index (χ4v) is 1.78. The highest BCUT2D eigenvalue weighted by atomic mass is 16.5. The molecule has 0 bridgehead atoms. The van der Waals surface area contributed by atoms with Gasteiger partial charge >= 0.3 is 0 Å². The lowest BCUT2D eigenvalue weighted by Gasteiger charge is -2.13. The summed E-state index contributed by atoms with van der Waals surface area (Å²) in [4.78, 5) is 12.6. The fraction of sp³-hybridized carbons (Fsp3) is 0.583. The number of nitrogen functional groups attached to an aromatic ring is 1. The van der Waals surface area contributed by atoms with Crippen LogP contribution in [0.1, 0.15) is 13.8 Å². The van der Waals surface area contributed by atoms with Crippen molar-refractivity contribution >= 4 is 22.9 Å². The van der Waals surface area contributed by atoms with Gasteiger partial charge in [0.2, 0.25) is 5.95 Å². The Morgan fingerprint density at radius 1 is 1.33 bits per heavy atom. The van der Waals surface area contributed by atoms with Crippen LogP contribution in [0, 0.1) is 0 Å². The average molecular weight is 296 g/mol. The van der Waals surface area contributed by atoms with E-state index >= 15 is 0 Å². The van der Waals surface area contributed by atoms with Gasteiger partial charge < -0.3 is 26.0 Å². The molecule has 0 aromatic carbocycles. The number of nitrogens with two attached hydrogens (primary N) is 1. The average Bonchev–Trinajstić information content (AvgIpc) is 2.82. The number of nitrogens with one attached hydrogen (secondary N) is 1. The van der Waals surface area contributed by atoms with E-state index < -0.39 is 6.10 Å². The zero-order chi connectivity index (χ0) is 15.4. The number of fused-ring (bicyclic) bond motifs is 1. The minimum atomic E-state index is -0.644. The molecular formula is C12H20N6O3. The minimum Gasteiger partial charge on any atom is -0.394 e. The molecule has 0 saturated carbocycles. The van der Waals surface area contributed by atoms with Crippen molar-refractivity contribution in [2.75, 3.05) is 24.3 Å². The number of anilines is 2. The van der Waals surface area contributed by atoms with Crippen LogP contribution in [0.25, 0.3) is 11.2 Å². The van der Waals surface area contributed by atoms with E-state index in [9.17, 15) is 0 Å². The van der Waals surface area contributed by atoms with Gasteiger partial charge in [0.1, 0.15) is 12.8 Å². The lowest BCUT2D eigenvalue weighted by Crippen LogP contribution is -2.23. The first-order chi connectivity index (χ1) is 10.0. The Balaban J connectivity index is 2.28. The number of aromatic nitrogens is 4. The van der Waals surface area contributed by atoms with Crippen LogP contribution in [-0.4, -0.2) is 55.1 Å². The zero-order valence-electron chi connectivity index (χ0n) is 12.0. The smallest absolute Gasteiger partial charge is 0.224 e. The molecule has 0 fully saturated rings. The van der Waals surface area contributed by atoms with Crippen molar-refractivity contribution in [3.63, 3.8) is 0 Å². The van der Waals surface area contributed by atoms with Gasteiger partial charge in [0.15, 0.2) is 17.0 Å². The Kier molecular flexibility index (Phi) is 4.89. The highest BCUT2D eigenvalue weighted by Crippen LogP contribution is 2.20. The van der Waals surface area contributed by atoms with E-state index in [0.717, 1.165) is 0 Å². The van der Waals surface area contributed by atoms with Crippen LogP contribution in [0.3, 0.4) is 0 Å². The number of nitrogens with zero attached hydrogens (tertiary/aromatic N) is 4. The molecule has 21 heavy (non-hydrogen) atoms. The maximum Gasteiger partial charge on any atom is 0.224 e. The second kappa shape index (κ2) is 6.66. The molecule has 0 saturated heterocycles. The quantitative estimate of drug-likeness (QED) is 0.540. The lowest BCUT2D eigenvalue weighted by molar-refractivity contribution is -0.0488. The van der Waals surface area contributed by atoms with Crippen molar-refractivity contribution in [3.05, 3.63) is 6.33 Å². The Morgan fingerprint density at radius 2 is 2.05 bits per heavy atom. The van der Waals surface area contributed by atoms with Crippen LogP contribution in [0.2, 0.25) is 0 Å². The van der Waals surface area contributed by atoms with Crippen molar-refractivity contribution in [3.8, 4) is 0 Å². The molecule has 5 N–H and O–H groups in total. The van der Waals surface area contributed by atoms with Crippen LogP contribution >= 0.6 is 0 Å². The Labute approximate surface area is 121 Å². The van der Waals surface area contributed by atoms with Crippen LogP contribution in [0.4, 0.5) is 11.8 Å². The molecule has 0 aliphatic rings. The van der Waals surface area contributed by atoms with E-state index in [1.165, 1.54) is 0 Å². The Morgan fingerprint density at radius 3 is 2.67 bits per heavy atom. The first-order valence-electron chi connectivity index (χ1n) is 6.63. The molecule has 9 heteroatoms. The van der Waals surface area contributed by atoms with E-state index in [0.29, 0.717) is 17.0 Å². The molecule has 116 valence electrons. The van der Waals surface area contributed by atoms with Gasteiger partial charge in [0, 0.05) is 6.04 Å². The molecule has 2 aromatic rings. The van der Waals surface area contributed by atoms with Crippen molar-refractivity contribution < 1.29 is 14.9 Å². The SMILES string of the molecule is CC(C)Nc1nc(N)nc2c1ncn2COC(CO)CO. The number of imidazole rings is 1. The zero-order valence-corrected chi connectivity index (χ0v) is 12.0. The molecule has 0 amide bonds. The molecule has 0 aliphatic heterocycles. The maximum atomic E-state index is 8.99. The molecule has 0 spiro atoms. The summed E-state index contributed by atoms with van der Waals surface area (Å²) in [5.41, 5.74) is 6.83. The second-order valence-corrected chi connectivity index (χ2v) is 4.90. The van der Waals surface area contributed by atoms with Gasteiger partial charge in [-0.3, -0.25) is 4.57 Å². The number of ether oxygens (including phenoxy) is 1. The Hall–Kier alpha value is -1.97. The summed E-state index contributed by atoms with van der Waals surface area (Å²) >= 11 is 0. The van der Waals surface area contributed by atoms with Gasteiger partial charge in [-0.2, -0.15) is 9.97 Å². The van der Waals surface area contributed by atoms with Gasteiger partial charge in [-0.05, 0) is 13.8 Å². The summed E-state index contributed by atoms with van der Waals surface area (Å²) in [5, 5.41) is 21.1. The van der Waals surface area contributed by atoms with Gasteiger partial charge in [0.05, 0.1) is 19.5 Å². The third-order valence-corrected chi connectivity index (χ3v) is 2.76. The van der Waals surface area contributed by atoms with E-state index in [1.807, 2.05) is 13.8 Å². The van der Waals surface area contributed by atoms with E-state index in [-0.39, 0.29) is 31.9 Å². The standard InChI is InChI=1S/C12H20N6O3/c1-7(2)15-10-9-11(17-12(13)16-10)18(5-14-9)6-21-8(3-19)4-20/h5,7-8,19-20H,3-4,6H2,1-2H3,(H3,13,15,16,17). The molecule has 0 atom stereocenters.